The number of hydrogen-bond acceptors (Lipinski definition) is 6. The molecule has 0 saturated heterocycles. The number of carbonyl (C=O) groups is 1. The number of benzene rings is 1. The summed E-state index contributed by atoms with van der Waals surface area (Å²) in [5, 5.41) is 22.2. The van der Waals surface area contributed by atoms with E-state index in [9.17, 15) is 9.90 Å². The van der Waals surface area contributed by atoms with E-state index in [-0.39, 0.29) is 5.91 Å². The fourth-order valence-electron chi connectivity index (χ4n) is 4.50. The second kappa shape index (κ2) is 6.86. The minimum absolute atomic E-state index is 0.0853. The van der Waals surface area contributed by atoms with Crippen LogP contribution in [0.25, 0.3) is 5.69 Å². The highest BCUT2D eigenvalue weighted by Gasteiger charge is 2.33. The van der Waals surface area contributed by atoms with Crippen molar-refractivity contribution in [2.75, 3.05) is 16.8 Å². The number of hydrogen-bond donors (Lipinski definition) is 2. The number of amides is 1. The molecule has 1 saturated carbocycles. The summed E-state index contributed by atoms with van der Waals surface area (Å²) in [5.74, 6) is 2.63. The molecular weight excluding hydrogens is 460 g/mol. The third-order valence-electron chi connectivity index (χ3n) is 6.29. The normalized spacial score (nSPS) is 18.9. The standard InChI is InChI=1S/C22H21BrN6O2/c1-11-6-17-16(25-21(30)20-27-26-18(29(17)20)7-12-2-3-12)9-15(11)22(31)28-5-4-13-8-14(23)10-24-19(13)28/h6,8-10,12,21,25,30H,2-5,7H2,1H3. The average Bonchev–Trinajstić information content (AvgIpc) is 3.30. The average molecular weight is 481 g/mol. The molecule has 2 aliphatic heterocycles. The lowest BCUT2D eigenvalue weighted by molar-refractivity contribution is 0.0988. The molecule has 0 spiro atoms. The molecular formula is C22H21BrN6O2. The van der Waals surface area contributed by atoms with Crippen molar-refractivity contribution in [3.05, 3.63) is 57.2 Å². The molecule has 2 N–H and O–H groups in total. The molecule has 9 heteroatoms. The fourth-order valence-corrected chi connectivity index (χ4v) is 4.88. The molecule has 4 heterocycles. The zero-order valence-electron chi connectivity index (χ0n) is 17.0. The Morgan fingerprint density at radius 1 is 1.29 bits per heavy atom. The van der Waals surface area contributed by atoms with Gasteiger partial charge in [-0.2, -0.15) is 0 Å². The summed E-state index contributed by atoms with van der Waals surface area (Å²) in [6.45, 7) is 2.54. The Labute approximate surface area is 187 Å². The van der Waals surface area contributed by atoms with Crippen molar-refractivity contribution >= 4 is 33.3 Å². The molecule has 6 rings (SSSR count). The number of aliphatic hydroxyl groups excluding tert-OH is 1. The van der Waals surface area contributed by atoms with Crippen LogP contribution in [0.15, 0.2) is 28.9 Å². The topological polar surface area (TPSA) is 96.2 Å². The molecule has 1 atom stereocenters. The molecule has 1 fully saturated rings. The summed E-state index contributed by atoms with van der Waals surface area (Å²) >= 11 is 3.45. The first-order valence-electron chi connectivity index (χ1n) is 10.5. The van der Waals surface area contributed by atoms with Gasteiger partial charge in [0.1, 0.15) is 11.6 Å². The van der Waals surface area contributed by atoms with Gasteiger partial charge in [0.05, 0.1) is 11.4 Å². The molecule has 1 aliphatic carbocycles. The predicted octanol–water partition coefficient (Wildman–Crippen LogP) is 3.31. The lowest BCUT2D eigenvalue weighted by atomic mass is 10.0. The molecule has 3 aliphatic rings. The number of halogens is 1. The molecule has 0 radical (unpaired) electrons. The molecule has 0 bridgehead atoms. The van der Waals surface area contributed by atoms with Gasteiger partial charge in [0.25, 0.3) is 5.91 Å². The Balaban J connectivity index is 1.40. The Bertz CT molecular complexity index is 1230. The first-order chi connectivity index (χ1) is 15.0. The van der Waals surface area contributed by atoms with Crippen molar-refractivity contribution in [2.24, 2.45) is 5.92 Å². The third-order valence-corrected chi connectivity index (χ3v) is 6.72. The van der Waals surface area contributed by atoms with E-state index in [0.29, 0.717) is 35.4 Å². The van der Waals surface area contributed by atoms with Crippen LogP contribution in [0.2, 0.25) is 0 Å². The maximum absolute atomic E-state index is 13.5. The number of pyridine rings is 1. The van der Waals surface area contributed by atoms with Crippen LogP contribution in [0.4, 0.5) is 11.5 Å². The Morgan fingerprint density at radius 3 is 2.94 bits per heavy atom. The van der Waals surface area contributed by atoms with E-state index < -0.39 is 6.23 Å². The van der Waals surface area contributed by atoms with E-state index in [4.69, 9.17) is 0 Å². The summed E-state index contributed by atoms with van der Waals surface area (Å²) in [7, 11) is 0. The van der Waals surface area contributed by atoms with Crippen LogP contribution in [0.3, 0.4) is 0 Å². The first kappa shape index (κ1) is 18.9. The summed E-state index contributed by atoms with van der Waals surface area (Å²) in [6, 6.07) is 5.83. The van der Waals surface area contributed by atoms with Crippen LogP contribution < -0.4 is 10.2 Å². The quantitative estimate of drug-likeness (QED) is 0.596. The lowest BCUT2D eigenvalue weighted by Gasteiger charge is -2.27. The smallest absolute Gasteiger partial charge is 0.259 e. The van der Waals surface area contributed by atoms with Crippen LogP contribution in [0.1, 0.15) is 52.2 Å². The van der Waals surface area contributed by atoms with Crippen LogP contribution in [-0.4, -0.2) is 37.3 Å². The van der Waals surface area contributed by atoms with Crippen LogP contribution >= 0.6 is 15.9 Å². The monoisotopic (exact) mass is 480 g/mol. The second-order valence-corrected chi connectivity index (χ2v) is 9.45. The van der Waals surface area contributed by atoms with E-state index >= 15 is 0 Å². The molecule has 1 amide bonds. The Hall–Kier alpha value is -2.78. The highest BCUT2D eigenvalue weighted by molar-refractivity contribution is 9.10. The van der Waals surface area contributed by atoms with Gasteiger partial charge in [0.2, 0.25) is 0 Å². The number of aliphatic hydroxyl groups is 1. The van der Waals surface area contributed by atoms with E-state index in [0.717, 1.165) is 40.0 Å². The number of fused-ring (bicyclic) bond motifs is 4. The summed E-state index contributed by atoms with van der Waals surface area (Å²) < 4.78 is 2.86. The first-order valence-corrected chi connectivity index (χ1v) is 11.3. The second-order valence-electron chi connectivity index (χ2n) is 8.53. The van der Waals surface area contributed by atoms with Gasteiger partial charge in [-0.05, 0) is 77.4 Å². The number of nitrogens with zero attached hydrogens (tertiary/aromatic N) is 5. The molecule has 2 aromatic heterocycles. The van der Waals surface area contributed by atoms with Gasteiger partial charge in [-0.3, -0.25) is 14.3 Å². The number of rotatable bonds is 3. The van der Waals surface area contributed by atoms with Crippen LogP contribution in [-0.2, 0) is 12.8 Å². The zero-order valence-corrected chi connectivity index (χ0v) is 18.6. The maximum atomic E-state index is 13.5. The number of aryl methyl sites for hydroxylation is 1. The maximum Gasteiger partial charge on any atom is 0.259 e. The van der Waals surface area contributed by atoms with Crippen molar-refractivity contribution < 1.29 is 9.90 Å². The third kappa shape index (κ3) is 3.06. The van der Waals surface area contributed by atoms with Crippen LogP contribution in [0, 0.1) is 12.8 Å². The van der Waals surface area contributed by atoms with Gasteiger partial charge >= 0.3 is 0 Å². The fraction of sp³-hybridized carbons (Fsp3) is 0.364. The highest BCUT2D eigenvalue weighted by Crippen LogP contribution is 2.38. The zero-order chi connectivity index (χ0) is 21.3. The van der Waals surface area contributed by atoms with E-state index in [1.165, 1.54) is 12.8 Å². The Kier molecular flexibility index (Phi) is 4.19. The molecule has 1 unspecified atom stereocenters. The number of anilines is 2. The van der Waals surface area contributed by atoms with Gasteiger partial charge in [-0.15, -0.1) is 10.2 Å². The van der Waals surface area contributed by atoms with Gasteiger partial charge in [0, 0.05) is 29.2 Å². The van der Waals surface area contributed by atoms with Gasteiger partial charge < -0.3 is 10.4 Å². The van der Waals surface area contributed by atoms with Crippen molar-refractivity contribution in [1.29, 1.82) is 0 Å². The minimum Gasteiger partial charge on any atom is -0.367 e. The van der Waals surface area contributed by atoms with Crippen molar-refractivity contribution in [3.63, 3.8) is 0 Å². The SMILES string of the molecule is Cc1cc2c(cc1C(=O)N1CCc3cc(Br)cnc31)NC(O)c1nnc(CC3CC3)n1-2. The molecule has 8 nitrogen and oxygen atoms in total. The molecule has 1 aromatic carbocycles. The summed E-state index contributed by atoms with van der Waals surface area (Å²) in [5.41, 5.74) is 4.10. The molecule has 158 valence electrons. The van der Waals surface area contributed by atoms with E-state index in [2.05, 4.69) is 36.4 Å². The Morgan fingerprint density at radius 2 is 2.13 bits per heavy atom. The van der Waals surface area contributed by atoms with Crippen molar-refractivity contribution in [3.8, 4) is 5.69 Å². The van der Waals surface area contributed by atoms with E-state index in [1.54, 1.807) is 11.1 Å². The molecule has 31 heavy (non-hydrogen) atoms. The van der Waals surface area contributed by atoms with Gasteiger partial charge in [-0.1, -0.05) is 0 Å². The predicted molar refractivity (Wildman–Crippen MR) is 118 cm³/mol. The van der Waals surface area contributed by atoms with Gasteiger partial charge in [0.15, 0.2) is 12.1 Å². The lowest BCUT2D eigenvalue weighted by Crippen LogP contribution is -2.31. The largest absolute Gasteiger partial charge is 0.367 e. The molecule has 3 aromatic rings. The van der Waals surface area contributed by atoms with Crippen molar-refractivity contribution in [1.82, 2.24) is 19.7 Å². The summed E-state index contributed by atoms with van der Waals surface area (Å²) in [6.07, 6.45) is 4.81. The highest BCUT2D eigenvalue weighted by atomic mass is 79.9. The van der Waals surface area contributed by atoms with E-state index in [1.807, 2.05) is 29.7 Å². The number of nitrogens with one attached hydrogen (secondary N) is 1. The number of carbonyl (C=O) groups excluding carboxylic acids is 1. The minimum atomic E-state index is -0.967. The van der Waals surface area contributed by atoms with Gasteiger partial charge in [-0.25, -0.2) is 4.98 Å². The van der Waals surface area contributed by atoms with Crippen molar-refractivity contribution in [2.45, 2.75) is 38.8 Å². The number of aromatic nitrogens is 4. The van der Waals surface area contributed by atoms with Crippen LogP contribution in [0.5, 0.6) is 0 Å². The summed E-state index contributed by atoms with van der Waals surface area (Å²) in [4.78, 5) is 19.7.